The molecule has 4 nitrogen and oxygen atoms in total. The van der Waals surface area contributed by atoms with E-state index in [1.165, 1.54) is 32.0 Å². The second kappa shape index (κ2) is 9.08. The van der Waals surface area contributed by atoms with E-state index in [0.717, 1.165) is 37.6 Å². The standard InChI is InChI=1S/C26H32N4S2/c1-4-30(5-2)26(31)27-17-14-20-19-12-9-13-22-24(19)21(15-23(20)29(3)16-17)25(28-22)32-18-10-7-6-8-11-18/h6-13,17,20,23,28H,4-5,14-16H2,1-3H3,(H,27,31)/t17-,20?,23+/m0/s1. The van der Waals surface area contributed by atoms with E-state index in [1.807, 2.05) is 11.8 Å². The third-order valence-electron chi connectivity index (χ3n) is 7.15. The highest BCUT2D eigenvalue weighted by Gasteiger charge is 2.40. The lowest BCUT2D eigenvalue weighted by Crippen LogP contribution is -2.56. The molecule has 32 heavy (non-hydrogen) atoms. The Morgan fingerprint density at radius 1 is 1.16 bits per heavy atom. The van der Waals surface area contributed by atoms with E-state index < -0.39 is 0 Å². The fourth-order valence-electron chi connectivity index (χ4n) is 5.57. The summed E-state index contributed by atoms with van der Waals surface area (Å²) in [5, 5.41) is 7.33. The van der Waals surface area contributed by atoms with Crippen LogP contribution in [0.1, 0.15) is 37.3 Å². The van der Waals surface area contributed by atoms with E-state index >= 15 is 0 Å². The molecule has 6 heteroatoms. The molecule has 0 radical (unpaired) electrons. The number of likely N-dealkylation sites (tertiary alicyclic amines) is 1. The number of thiocarbonyl (C=S) groups is 1. The van der Waals surface area contributed by atoms with Crippen LogP contribution in [0.4, 0.5) is 0 Å². The van der Waals surface area contributed by atoms with Gasteiger partial charge >= 0.3 is 0 Å². The number of aromatic nitrogens is 1. The van der Waals surface area contributed by atoms with Gasteiger partial charge in [0.15, 0.2) is 5.11 Å². The van der Waals surface area contributed by atoms with Gasteiger partial charge in [0.05, 0.1) is 5.03 Å². The molecule has 1 unspecified atom stereocenters. The maximum absolute atomic E-state index is 5.72. The lowest BCUT2D eigenvalue weighted by molar-refractivity contribution is 0.133. The van der Waals surface area contributed by atoms with Crippen LogP contribution in [0.5, 0.6) is 0 Å². The second-order valence-electron chi connectivity index (χ2n) is 8.99. The lowest BCUT2D eigenvalue weighted by atomic mass is 9.74. The molecule has 0 bridgehead atoms. The molecule has 1 fully saturated rings. The second-order valence-corrected chi connectivity index (χ2v) is 10.5. The number of piperidine rings is 1. The Morgan fingerprint density at radius 2 is 1.94 bits per heavy atom. The van der Waals surface area contributed by atoms with Crippen LogP contribution in [0, 0.1) is 0 Å². The Hall–Kier alpha value is -2.02. The van der Waals surface area contributed by atoms with Crippen molar-refractivity contribution in [3.8, 4) is 0 Å². The average molecular weight is 465 g/mol. The SMILES string of the molecule is CCN(CC)C(=S)N[C@H]1CC2c3cccc4[nH]c(Sc5ccccc5)c(c34)C[C@H]2N(C)C1. The fraction of sp³-hybridized carbons (Fsp3) is 0.423. The molecule has 168 valence electrons. The molecule has 1 aliphatic carbocycles. The highest BCUT2D eigenvalue weighted by molar-refractivity contribution is 7.99. The molecular weight excluding hydrogens is 432 g/mol. The summed E-state index contributed by atoms with van der Waals surface area (Å²) in [6.07, 6.45) is 2.22. The van der Waals surface area contributed by atoms with Crippen molar-refractivity contribution in [3.63, 3.8) is 0 Å². The van der Waals surface area contributed by atoms with Crippen LogP contribution in [0.15, 0.2) is 58.5 Å². The summed E-state index contributed by atoms with van der Waals surface area (Å²) in [4.78, 5) is 9.82. The minimum absolute atomic E-state index is 0.378. The molecule has 1 aromatic heterocycles. The number of nitrogens with zero attached hydrogens (tertiary/aromatic N) is 2. The molecule has 2 aliphatic rings. The zero-order valence-electron chi connectivity index (χ0n) is 19.1. The maximum atomic E-state index is 5.72. The van der Waals surface area contributed by atoms with Crippen LogP contribution in [0.2, 0.25) is 0 Å². The number of hydrogen-bond donors (Lipinski definition) is 2. The van der Waals surface area contributed by atoms with Crippen molar-refractivity contribution in [2.24, 2.45) is 0 Å². The Bertz CT molecular complexity index is 1110. The van der Waals surface area contributed by atoms with E-state index in [-0.39, 0.29) is 0 Å². The van der Waals surface area contributed by atoms with Crippen LogP contribution < -0.4 is 5.32 Å². The first kappa shape index (κ1) is 21.8. The zero-order chi connectivity index (χ0) is 22.2. The van der Waals surface area contributed by atoms with Gasteiger partial charge in [0.2, 0.25) is 0 Å². The van der Waals surface area contributed by atoms with Gasteiger partial charge in [-0.25, -0.2) is 0 Å². The van der Waals surface area contributed by atoms with E-state index in [2.05, 4.69) is 89.5 Å². The molecule has 2 heterocycles. The molecule has 1 aliphatic heterocycles. The molecule has 0 saturated carbocycles. The van der Waals surface area contributed by atoms with Crippen molar-refractivity contribution in [1.82, 2.24) is 20.1 Å². The lowest BCUT2D eigenvalue weighted by Gasteiger charge is -2.46. The van der Waals surface area contributed by atoms with Gasteiger partial charge in [0, 0.05) is 53.4 Å². The molecular formula is C26H32N4S2. The van der Waals surface area contributed by atoms with Gasteiger partial charge < -0.3 is 20.1 Å². The number of aromatic amines is 1. The van der Waals surface area contributed by atoms with Crippen molar-refractivity contribution in [2.75, 3.05) is 26.7 Å². The predicted octanol–water partition coefficient (Wildman–Crippen LogP) is 5.25. The summed E-state index contributed by atoms with van der Waals surface area (Å²) in [7, 11) is 2.29. The van der Waals surface area contributed by atoms with Gasteiger partial charge in [-0.3, -0.25) is 0 Å². The van der Waals surface area contributed by atoms with Crippen molar-refractivity contribution >= 4 is 40.0 Å². The summed E-state index contributed by atoms with van der Waals surface area (Å²) >= 11 is 7.58. The number of fused-ring (bicyclic) bond motifs is 2. The number of benzene rings is 2. The van der Waals surface area contributed by atoms with Gasteiger partial charge in [-0.15, -0.1) is 0 Å². The molecule has 3 aromatic rings. The van der Waals surface area contributed by atoms with Crippen molar-refractivity contribution in [3.05, 3.63) is 59.7 Å². The van der Waals surface area contributed by atoms with Gasteiger partial charge in [-0.2, -0.15) is 0 Å². The first-order valence-corrected chi connectivity index (χ1v) is 12.9. The monoisotopic (exact) mass is 464 g/mol. The molecule has 0 spiro atoms. The maximum Gasteiger partial charge on any atom is 0.169 e. The minimum atomic E-state index is 0.378. The summed E-state index contributed by atoms with van der Waals surface area (Å²) < 4.78 is 0. The van der Waals surface area contributed by atoms with Crippen molar-refractivity contribution < 1.29 is 0 Å². The summed E-state index contributed by atoms with van der Waals surface area (Å²) in [6.45, 7) is 7.26. The molecule has 5 rings (SSSR count). The van der Waals surface area contributed by atoms with Gasteiger partial charge in [-0.1, -0.05) is 42.1 Å². The Morgan fingerprint density at radius 3 is 2.69 bits per heavy atom. The largest absolute Gasteiger partial charge is 0.359 e. The predicted molar refractivity (Wildman–Crippen MR) is 139 cm³/mol. The van der Waals surface area contributed by atoms with Crippen LogP contribution >= 0.6 is 24.0 Å². The van der Waals surface area contributed by atoms with Gasteiger partial charge in [-0.05, 0) is 75.3 Å². The van der Waals surface area contributed by atoms with Crippen LogP contribution in [-0.4, -0.2) is 58.7 Å². The smallest absolute Gasteiger partial charge is 0.169 e. The first-order chi connectivity index (χ1) is 15.6. The highest BCUT2D eigenvalue weighted by Crippen LogP contribution is 2.46. The van der Waals surface area contributed by atoms with Crippen molar-refractivity contribution in [1.29, 1.82) is 0 Å². The summed E-state index contributed by atoms with van der Waals surface area (Å²) in [5.74, 6) is 0.521. The third kappa shape index (κ3) is 3.93. The van der Waals surface area contributed by atoms with Crippen LogP contribution in [0.3, 0.4) is 0 Å². The van der Waals surface area contributed by atoms with E-state index in [0.29, 0.717) is 18.0 Å². The number of hydrogen-bond acceptors (Lipinski definition) is 3. The Balaban J connectivity index is 1.46. The van der Waals surface area contributed by atoms with Gasteiger partial charge in [0.1, 0.15) is 0 Å². The number of nitrogens with one attached hydrogen (secondary N) is 2. The quantitative estimate of drug-likeness (QED) is 0.504. The highest BCUT2D eigenvalue weighted by atomic mass is 32.2. The van der Waals surface area contributed by atoms with Crippen LogP contribution in [0.25, 0.3) is 10.9 Å². The molecule has 2 aromatic carbocycles. The first-order valence-electron chi connectivity index (χ1n) is 11.7. The molecule has 3 atom stereocenters. The third-order valence-corrected chi connectivity index (χ3v) is 8.59. The molecule has 1 saturated heterocycles. The van der Waals surface area contributed by atoms with E-state index in [4.69, 9.17) is 12.2 Å². The topological polar surface area (TPSA) is 34.3 Å². The number of likely N-dealkylation sites (N-methyl/N-ethyl adjacent to an activating group) is 1. The minimum Gasteiger partial charge on any atom is -0.359 e. The van der Waals surface area contributed by atoms with E-state index in [9.17, 15) is 0 Å². The van der Waals surface area contributed by atoms with Crippen molar-refractivity contribution in [2.45, 2.75) is 54.6 Å². The number of rotatable bonds is 5. The Labute approximate surface area is 200 Å². The molecule has 2 N–H and O–H groups in total. The van der Waals surface area contributed by atoms with Crippen LogP contribution in [-0.2, 0) is 6.42 Å². The normalized spacial score (nSPS) is 22.5. The Kier molecular flexibility index (Phi) is 6.19. The van der Waals surface area contributed by atoms with E-state index in [1.54, 1.807) is 0 Å². The van der Waals surface area contributed by atoms with Gasteiger partial charge in [0.25, 0.3) is 0 Å². The number of H-pyrrole nitrogens is 1. The molecule has 0 amide bonds. The average Bonchev–Trinajstić information content (AvgIpc) is 3.14. The summed E-state index contributed by atoms with van der Waals surface area (Å²) in [6, 6.07) is 18.4. The zero-order valence-corrected chi connectivity index (χ0v) is 20.7. The summed E-state index contributed by atoms with van der Waals surface area (Å²) in [5.41, 5.74) is 4.26. The fourth-order valence-corrected chi connectivity index (χ4v) is 6.99.